The number of unbranched alkanes of at least 4 members (excludes halogenated alkanes) is 43. The summed E-state index contributed by atoms with van der Waals surface area (Å²) in [4.78, 5) is 11.3. The molecule has 0 saturated carbocycles. The summed E-state index contributed by atoms with van der Waals surface area (Å²) < 4.78 is 0. The molecule has 0 heterocycles. The molecule has 0 saturated heterocycles. The van der Waals surface area contributed by atoms with Gasteiger partial charge in [0.1, 0.15) is 0 Å². The fraction of sp³-hybridized carbons (Fsp3) is 0.707. The van der Waals surface area contributed by atoms with Crippen molar-refractivity contribution in [3.05, 3.63) is 108 Å². The average molecular weight is 1240 g/mol. The maximum absolute atomic E-state index is 10.5. The molecule has 0 radical (unpaired) electrons. The van der Waals surface area contributed by atoms with Gasteiger partial charge in [0.05, 0.1) is 22.8 Å². The van der Waals surface area contributed by atoms with E-state index >= 15 is 0 Å². The Labute approximate surface area is 550 Å². The van der Waals surface area contributed by atoms with Gasteiger partial charge in [-0.15, -0.1) is 11.5 Å². The molecule has 0 aliphatic rings. The molecule has 0 aromatic heterocycles. The number of nitrogens with zero attached hydrogens (tertiary/aromatic N) is 2. The number of aryl methyl sites for hydroxylation is 3. The Kier molecular flexibility index (Phi) is 58.8. The van der Waals surface area contributed by atoms with Crippen molar-refractivity contribution < 1.29 is 26.7 Å². The van der Waals surface area contributed by atoms with Crippen LogP contribution in [0.3, 0.4) is 0 Å². The third-order valence-corrected chi connectivity index (χ3v) is 17.6. The zero-order valence-corrected chi connectivity index (χ0v) is 58.7. The van der Waals surface area contributed by atoms with Crippen molar-refractivity contribution in [3.8, 4) is 11.5 Å². The molecule has 0 amide bonds. The van der Waals surface area contributed by atoms with Gasteiger partial charge in [0.2, 0.25) is 0 Å². The van der Waals surface area contributed by atoms with Crippen molar-refractivity contribution in [1.29, 1.82) is 0 Å². The fourth-order valence-electron chi connectivity index (χ4n) is 12.0. The smallest absolute Gasteiger partial charge is 0.873 e. The summed E-state index contributed by atoms with van der Waals surface area (Å²) in [7, 11) is 0. The summed E-state index contributed by atoms with van der Waals surface area (Å²) in [5.74, 6) is -0.851. The van der Waals surface area contributed by atoms with E-state index in [1.807, 2.05) is 0 Å². The molecule has 0 unspecified atom stereocenters. The van der Waals surface area contributed by atoms with Crippen molar-refractivity contribution in [2.75, 3.05) is 0 Å². The van der Waals surface area contributed by atoms with Crippen LogP contribution in [0.25, 0.3) is 0 Å². The molecular formula is C82H136N2NiO2. The second kappa shape index (κ2) is 62.8. The molecule has 3 aromatic carbocycles. The van der Waals surface area contributed by atoms with Gasteiger partial charge in [-0.1, -0.05) is 363 Å². The second-order valence-electron chi connectivity index (χ2n) is 25.9. The summed E-state index contributed by atoms with van der Waals surface area (Å²) in [5, 5.41) is 21.0. The maximum atomic E-state index is 10.5. The standard InChI is InChI=1S/C75H130N2.C7H8O2.Ni/c1-5-9-13-16-19-22-25-28-31-34-37-40-43-46-49-52-55-62-70-64-58-60-67-72(70)76-74(66-12-8-4)75(69-57-54-51-48-45-42-39-36-33-30-27-24-21-18-15-11-7-3)77-73-68-61-59-65-71(73)63-56-53-50-47-44-41-38-35-32-29-26-23-20-17-14-10-6-2;1-5-2-3-6(8)7(9)4-5;/h46-47,49-50,58-61,64-65,67-68H,5-45,48,51-57,62-63,66,69H2,1-4H3;2-4,8-9H,1H3;/q;;+2/p-2/b49-46+,50-47+,76-74?,77-75?;;. The third kappa shape index (κ3) is 49.0. The first-order valence-electron chi connectivity index (χ1n) is 37.5. The van der Waals surface area contributed by atoms with Crippen LogP contribution in [0.4, 0.5) is 11.4 Å². The zero-order chi connectivity index (χ0) is 61.7. The predicted octanol–water partition coefficient (Wildman–Crippen LogP) is 26.8. The predicted molar refractivity (Wildman–Crippen MR) is 381 cm³/mol. The van der Waals surface area contributed by atoms with Crippen LogP contribution in [0, 0.1) is 6.92 Å². The normalized spacial score (nSPS) is 11.9. The van der Waals surface area contributed by atoms with Crippen molar-refractivity contribution in [2.24, 2.45) is 9.98 Å². The fourth-order valence-corrected chi connectivity index (χ4v) is 12.0. The van der Waals surface area contributed by atoms with Gasteiger partial charge in [-0.2, -0.15) is 0 Å². The molecule has 0 spiro atoms. The van der Waals surface area contributed by atoms with E-state index < -0.39 is 11.5 Å². The molecular weight excluding hydrogens is 1100 g/mol. The first kappa shape index (κ1) is 81.6. The van der Waals surface area contributed by atoms with E-state index in [2.05, 4.69) is 101 Å². The van der Waals surface area contributed by atoms with Gasteiger partial charge in [0.25, 0.3) is 0 Å². The summed E-state index contributed by atoms with van der Waals surface area (Å²) in [6, 6.07) is 22.3. The second-order valence-corrected chi connectivity index (χ2v) is 25.9. The molecule has 3 rings (SSSR count). The van der Waals surface area contributed by atoms with E-state index in [-0.39, 0.29) is 16.5 Å². The van der Waals surface area contributed by atoms with E-state index in [0.717, 1.165) is 56.2 Å². The van der Waals surface area contributed by atoms with E-state index in [1.165, 1.54) is 336 Å². The first-order valence-corrected chi connectivity index (χ1v) is 37.5. The molecule has 496 valence electrons. The van der Waals surface area contributed by atoms with Crippen molar-refractivity contribution in [1.82, 2.24) is 0 Å². The number of para-hydroxylation sites is 2. The minimum atomic E-state index is -0.430. The minimum Gasteiger partial charge on any atom is -0.873 e. The van der Waals surface area contributed by atoms with Crippen LogP contribution in [0.15, 0.2) is 101 Å². The van der Waals surface area contributed by atoms with Crippen molar-refractivity contribution >= 4 is 22.8 Å². The van der Waals surface area contributed by atoms with Crippen LogP contribution in [0.5, 0.6) is 11.5 Å². The molecule has 5 heteroatoms. The van der Waals surface area contributed by atoms with Gasteiger partial charge in [-0.3, -0.25) is 9.98 Å². The molecule has 0 bridgehead atoms. The summed E-state index contributed by atoms with van der Waals surface area (Å²) in [6.07, 6.45) is 81.3. The Morgan fingerprint density at radius 1 is 0.310 bits per heavy atom. The molecule has 0 atom stereocenters. The molecule has 4 nitrogen and oxygen atoms in total. The number of rotatable bonds is 58. The summed E-state index contributed by atoms with van der Waals surface area (Å²) in [6.45, 7) is 11.0. The molecule has 0 N–H and O–H groups in total. The Hall–Kier alpha value is -3.43. The molecule has 0 aliphatic carbocycles. The number of aliphatic imine (C=N–C) groups is 2. The van der Waals surface area contributed by atoms with Crippen molar-refractivity contribution in [2.45, 2.75) is 375 Å². The van der Waals surface area contributed by atoms with Crippen LogP contribution in [-0.2, 0) is 29.3 Å². The van der Waals surface area contributed by atoms with Crippen LogP contribution >= 0.6 is 0 Å². The number of allylic oxidation sites excluding steroid dienone is 4. The van der Waals surface area contributed by atoms with Gasteiger partial charge in [-0.05, 0) is 120 Å². The van der Waals surface area contributed by atoms with E-state index in [4.69, 9.17) is 9.98 Å². The number of hydrogen-bond donors (Lipinski definition) is 0. The zero-order valence-electron chi connectivity index (χ0n) is 57.7. The minimum absolute atomic E-state index is 0. The maximum Gasteiger partial charge on any atom is 2.00 e. The van der Waals surface area contributed by atoms with Crippen LogP contribution in [-0.4, -0.2) is 11.4 Å². The largest absolute Gasteiger partial charge is 2.00 e. The van der Waals surface area contributed by atoms with Crippen LogP contribution in [0.1, 0.15) is 372 Å². The Balaban J connectivity index is 0.00000344. The number of benzene rings is 3. The number of hydrogen-bond acceptors (Lipinski definition) is 4. The molecule has 0 aliphatic heterocycles. The quantitative estimate of drug-likeness (QED) is 0.0245. The van der Waals surface area contributed by atoms with E-state index in [9.17, 15) is 10.2 Å². The van der Waals surface area contributed by atoms with E-state index in [0.29, 0.717) is 0 Å². The summed E-state index contributed by atoms with van der Waals surface area (Å²) >= 11 is 0. The van der Waals surface area contributed by atoms with Gasteiger partial charge >= 0.3 is 16.5 Å². The molecule has 87 heavy (non-hydrogen) atoms. The Morgan fingerprint density at radius 2 is 0.586 bits per heavy atom. The SMILES string of the molecule is CCCCCCCCCCCCCC/C=C/CCCc1ccccc1N=C(CCCC)C(CCCCCCCCCCCCCCCCCCC)=Nc1ccccc1CCC/C=C/CCCCCCCCCCCCCC.Cc1ccc([O-])c([O-])c1.[Ni+2]. The van der Waals surface area contributed by atoms with Gasteiger partial charge < -0.3 is 10.2 Å². The topological polar surface area (TPSA) is 70.8 Å². The van der Waals surface area contributed by atoms with Gasteiger partial charge in [0, 0.05) is 0 Å². The Bertz CT molecular complexity index is 2090. The van der Waals surface area contributed by atoms with Gasteiger partial charge in [-0.25, -0.2) is 0 Å². The monoisotopic (exact) mass is 1240 g/mol. The van der Waals surface area contributed by atoms with Gasteiger partial charge in [0.15, 0.2) is 0 Å². The Morgan fingerprint density at radius 3 is 0.897 bits per heavy atom. The van der Waals surface area contributed by atoms with E-state index in [1.54, 1.807) is 13.0 Å². The van der Waals surface area contributed by atoms with Crippen LogP contribution < -0.4 is 10.2 Å². The van der Waals surface area contributed by atoms with Crippen LogP contribution in [0.2, 0.25) is 0 Å². The molecule has 0 fully saturated rings. The summed E-state index contributed by atoms with van der Waals surface area (Å²) in [5.41, 5.74) is 8.42. The van der Waals surface area contributed by atoms with Crippen molar-refractivity contribution in [3.63, 3.8) is 0 Å². The molecule has 3 aromatic rings. The first-order chi connectivity index (χ1) is 42.4. The average Bonchev–Trinajstić information content (AvgIpc) is 3.00. The third-order valence-electron chi connectivity index (χ3n) is 17.6.